The van der Waals surface area contributed by atoms with Gasteiger partial charge in [-0.25, -0.2) is 8.42 Å². The van der Waals surface area contributed by atoms with E-state index >= 15 is 0 Å². The first-order valence-corrected chi connectivity index (χ1v) is 13.4. The van der Waals surface area contributed by atoms with E-state index in [-0.39, 0.29) is 0 Å². The summed E-state index contributed by atoms with van der Waals surface area (Å²) in [5.74, 6) is 0. The molecular formula is C19H15F3O3SSn. The van der Waals surface area contributed by atoms with E-state index in [4.69, 9.17) is 13.0 Å². The van der Waals surface area contributed by atoms with Gasteiger partial charge in [-0.2, -0.15) is 13.2 Å². The molecule has 0 heterocycles. The predicted molar refractivity (Wildman–Crippen MR) is 99.7 cm³/mol. The summed E-state index contributed by atoms with van der Waals surface area (Å²) in [7, 11) is -6.09. The van der Waals surface area contributed by atoms with E-state index in [2.05, 4.69) is 91.0 Å². The maximum absolute atomic E-state index is 10.7. The number of halogens is 3. The van der Waals surface area contributed by atoms with Crippen LogP contribution in [0.25, 0.3) is 0 Å². The van der Waals surface area contributed by atoms with Crippen LogP contribution in [0.4, 0.5) is 13.2 Å². The molecule has 0 N–H and O–H groups in total. The van der Waals surface area contributed by atoms with Crippen LogP contribution in [0, 0.1) is 0 Å². The van der Waals surface area contributed by atoms with E-state index in [0.717, 1.165) is 0 Å². The van der Waals surface area contributed by atoms with Gasteiger partial charge in [0, 0.05) is 0 Å². The molecule has 0 aliphatic heterocycles. The zero-order valence-corrected chi connectivity index (χ0v) is 17.6. The molecule has 0 spiro atoms. The average Bonchev–Trinajstić information content (AvgIpc) is 2.64. The van der Waals surface area contributed by atoms with Crippen LogP contribution >= 0.6 is 0 Å². The first-order chi connectivity index (χ1) is 12.7. The van der Waals surface area contributed by atoms with E-state index < -0.39 is 35.4 Å². The molecule has 0 atom stereocenters. The summed E-state index contributed by atoms with van der Waals surface area (Å²) >= 11 is -1.98. The predicted octanol–water partition coefficient (Wildman–Crippen LogP) is 2.25. The fourth-order valence-electron chi connectivity index (χ4n) is 2.31. The SMILES string of the molecule is O=S(=O)([O-])C(F)(F)F.c1cc[c]([Sn+]([c]2ccccc2)[c]2ccccc2)cc1. The molecule has 0 radical (unpaired) electrons. The van der Waals surface area contributed by atoms with Crippen molar-refractivity contribution in [2.75, 3.05) is 0 Å². The summed E-state index contributed by atoms with van der Waals surface area (Å²) in [6, 6.07) is 32.9. The van der Waals surface area contributed by atoms with Crippen LogP contribution < -0.4 is 10.7 Å². The normalized spacial score (nSPS) is 11.3. The Balaban J connectivity index is 0.000000279. The minimum absolute atomic E-state index is 1.53. The summed E-state index contributed by atoms with van der Waals surface area (Å²) in [5.41, 5.74) is -5.65. The van der Waals surface area contributed by atoms with E-state index in [1.165, 1.54) is 10.7 Å². The van der Waals surface area contributed by atoms with Crippen LogP contribution in [-0.2, 0) is 10.1 Å². The molecule has 8 heteroatoms. The summed E-state index contributed by atoms with van der Waals surface area (Å²) in [6.07, 6.45) is 0. The van der Waals surface area contributed by atoms with Crippen molar-refractivity contribution < 1.29 is 26.1 Å². The third-order valence-electron chi connectivity index (χ3n) is 3.47. The van der Waals surface area contributed by atoms with Gasteiger partial charge in [0.1, 0.15) is 0 Å². The molecule has 0 amide bonds. The summed E-state index contributed by atoms with van der Waals surface area (Å²) in [6.45, 7) is 0. The molecule has 3 aromatic carbocycles. The van der Waals surface area contributed by atoms with Crippen LogP contribution in [0.3, 0.4) is 0 Å². The molecule has 3 nitrogen and oxygen atoms in total. The van der Waals surface area contributed by atoms with Crippen LogP contribution in [0.15, 0.2) is 91.0 Å². The van der Waals surface area contributed by atoms with E-state index in [9.17, 15) is 13.2 Å². The molecule has 0 aromatic heterocycles. The molecule has 0 aliphatic rings. The van der Waals surface area contributed by atoms with Crippen molar-refractivity contribution in [3.8, 4) is 0 Å². The summed E-state index contributed by atoms with van der Waals surface area (Å²) in [4.78, 5) is 0. The third kappa shape index (κ3) is 6.37. The Morgan fingerprint density at radius 3 is 1.04 bits per heavy atom. The van der Waals surface area contributed by atoms with Gasteiger partial charge in [0.15, 0.2) is 10.1 Å². The fraction of sp³-hybridized carbons (Fsp3) is 0.0526. The van der Waals surface area contributed by atoms with Crippen molar-refractivity contribution in [1.82, 2.24) is 0 Å². The first kappa shape index (κ1) is 21.5. The van der Waals surface area contributed by atoms with Crippen molar-refractivity contribution in [2.24, 2.45) is 0 Å². The Hall–Kier alpha value is -1.84. The molecule has 140 valence electrons. The topological polar surface area (TPSA) is 57.2 Å². The fourth-order valence-corrected chi connectivity index (χ4v) is 9.67. The number of benzene rings is 3. The van der Waals surface area contributed by atoms with Crippen molar-refractivity contribution in [3.05, 3.63) is 91.0 Å². The first-order valence-electron chi connectivity index (χ1n) is 7.75. The second kappa shape index (κ2) is 9.38. The molecule has 0 aliphatic carbocycles. The Morgan fingerprint density at radius 1 is 0.630 bits per heavy atom. The van der Waals surface area contributed by atoms with Gasteiger partial charge in [-0.3, -0.25) is 0 Å². The van der Waals surface area contributed by atoms with Crippen molar-refractivity contribution in [1.29, 1.82) is 0 Å². The van der Waals surface area contributed by atoms with Crippen LogP contribution in [0.5, 0.6) is 0 Å². The zero-order chi connectivity index (χ0) is 19.9. The van der Waals surface area contributed by atoms with Crippen LogP contribution in [-0.4, -0.2) is 38.2 Å². The molecule has 3 rings (SSSR count). The summed E-state index contributed by atoms with van der Waals surface area (Å²) in [5, 5.41) is 0. The van der Waals surface area contributed by atoms with Gasteiger partial charge in [0.25, 0.3) is 0 Å². The van der Waals surface area contributed by atoms with Gasteiger partial charge in [0.05, 0.1) is 0 Å². The van der Waals surface area contributed by atoms with Gasteiger partial charge in [-0.15, -0.1) is 0 Å². The van der Waals surface area contributed by atoms with Crippen LogP contribution in [0.2, 0.25) is 0 Å². The zero-order valence-electron chi connectivity index (χ0n) is 13.9. The van der Waals surface area contributed by atoms with Crippen LogP contribution in [0.1, 0.15) is 0 Å². The second-order valence-corrected chi connectivity index (χ2v) is 13.8. The molecular weight excluding hydrogens is 484 g/mol. The molecule has 27 heavy (non-hydrogen) atoms. The van der Waals surface area contributed by atoms with Crippen molar-refractivity contribution in [3.63, 3.8) is 0 Å². The standard InChI is InChI=1S/3C6H5.CHF3O3S.Sn/c3*1-2-4-6-5-3-1;2-1(3,4)8(5,6)7;/h3*1-5H;(H,5,6,7);/q;;;;+1/p-1. The van der Waals surface area contributed by atoms with E-state index in [1.807, 2.05) is 0 Å². The van der Waals surface area contributed by atoms with Gasteiger partial charge in [-0.1, -0.05) is 0 Å². The summed E-state index contributed by atoms with van der Waals surface area (Å²) < 4.78 is 63.5. The number of rotatable bonds is 3. The number of hydrogen-bond acceptors (Lipinski definition) is 3. The van der Waals surface area contributed by atoms with E-state index in [1.54, 1.807) is 0 Å². The molecule has 0 saturated carbocycles. The molecule has 0 saturated heterocycles. The molecule has 3 aromatic rings. The Kier molecular flexibility index (Phi) is 7.46. The second-order valence-electron chi connectivity index (χ2n) is 5.37. The maximum atomic E-state index is 10.7. The van der Waals surface area contributed by atoms with Crippen molar-refractivity contribution >= 4 is 40.6 Å². The van der Waals surface area contributed by atoms with Gasteiger partial charge in [0.2, 0.25) is 0 Å². The van der Waals surface area contributed by atoms with Gasteiger partial charge < -0.3 is 4.55 Å². The Labute approximate surface area is 163 Å². The van der Waals surface area contributed by atoms with Gasteiger partial charge in [-0.05, 0) is 0 Å². The van der Waals surface area contributed by atoms with E-state index in [0.29, 0.717) is 0 Å². The molecule has 0 bridgehead atoms. The minimum atomic E-state index is -6.09. The average molecular weight is 499 g/mol. The quantitative estimate of drug-likeness (QED) is 0.316. The Morgan fingerprint density at radius 2 is 0.852 bits per heavy atom. The molecule has 0 fully saturated rings. The molecule has 0 unspecified atom stereocenters. The number of hydrogen-bond donors (Lipinski definition) is 0. The Bertz CT molecular complexity index is 838. The van der Waals surface area contributed by atoms with Gasteiger partial charge >= 0.3 is 127 Å². The third-order valence-corrected chi connectivity index (χ3v) is 11.8. The number of alkyl halides is 3. The van der Waals surface area contributed by atoms with Crippen molar-refractivity contribution in [2.45, 2.75) is 5.51 Å². The monoisotopic (exact) mass is 500 g/mol.